The molecular formula is C50H46N4O7S. The Hall–Kier alpha value is -7.02. The zero-order valence-electron chi connectivity index (χ0n) is 33.9. The molecule has 0 aromatic heterocycles. The summed E-state index contributed by atoms with van der Waals surface area (Å²) in [5, 5.41) is 17.6. The maximum absolute atomic E-state index is 16.5. The molecule has 0 saturated carbocycles. The largest absolute Gasteiger partial charge is 0.479 e. The minimum absolute atomic E-state index is 0.345. The molecule has 5 N–H and O–H groups in total. The Morgan fingerprint density at radius 1 is 0.677 bits per heavy atom. The van der Waals surface area contributed by atoms with Gasteiger partial charge in [-0.1, -0.05) is 170 Å². The van der Waals surface area contributed by atoms with Gasteiger partial charge in [0.1, 0.15) is 11.6 Å². The van der Waals surface area contributed by atoms with E-state index in [4.69, 9.17) is 10.5 Å². The molecule has 0 saturated heterocycles. The highest BCUT2D eigenvalue weighted by Gasteiger charge is 2.69. The van der Waals surface area contributed by atoms with Crippen molar-refractivity contribution in [1.29, 1.82) is 0 Å². The molecule has 12 heteroatoms. The number of carbonyl (C=O) groups is 5. The molecule has 7 rings (SSSR count). The van der Waals surface area contributed by atoms with Crippen molar-refractivity contribution in [2.45, 2.75) is 29.0 Å². The Morgan fingerprint density at radius 2 is 1.11 bits per heavy atom. The van der Waals surface area contributed by atoms with Gasteiger partial charge in [-0.25, -0.2) is 9.59 Å². The van der Waals surface area contributed by atoms with Crippen LogP contribution in [-0.4, -0.2) is 77.2 Å². The predicted molar refractivity (Wildman–Crippen MR) is 239 cm³/mol. The van der Waals surface area contributed by atoms with E-state index in [0.717, 1.165) is 34.3 Å². The minimum atomic E-state index is -2.95. The lowest BCUT2D eigenvalue weighted by Gasteiger charge is -2.55. The Kier molecular flexibility index (Phi) is 13.0. The van der Waals surface area contributed by atoms with E-state index in [0.29, 0.717) is 22.3 Å². The van der Waals surface area contributed by atoms with Crippen LogP contribution in [0.25, 0.3) is 11.1 Å². The number of carboxylic acid groups (broad SMARTS) is 1. The van der Waals surface area contributed by atoms with Crippen molar-refractivity contribution < 1.29 is 33.8 Å². The van der Waals surface area contributed by atoms with Crippen LogP contribution in [0.15, 0.2) is 170 Å². The molecule has 0 spiro atoms. The standard InChI is InChI=1S/C50H46N4O7S/c1-61-48(60)50(47(58)59,45(33-18-6-2-7-19-33)44-39-28-16-14-26-37(39)38-27-15-17-29-40(38)44)54(46(57)41(32-62)53-43(56)31-52-42(55)30-51)49(34-20-8-3-9-21-34,35-22-10-4-11-23-35)36-24-12-5-13-25-36/h2-29,41,44-45,62H,30-32,51H2,1H3,(H,52,55)(H,53,56)(H,58,59)/t41?,45?,50-/m0/s1. The van der Waals surface area contributed by atoms with E-state index in [1.807, 2.05) is 48.5 Å². The number of thiol groups is 1. The fraction of sp³-hybridized carbons (Fsp3) is 0.180. The third-order valence-corrected chi connectivity index (χ3v) is 11.9. The van der Waals surface area contributed by atoms with Crippen molar-refractivity contribution in [1.82, 2.24) is 15.5 Å². The highest BCUT2D eigenvalue weighted by atomic mass is 32.1. The molecule has 6 aromatic carbocycles. The summed E-state index contributed by atoms with van der Waals surface area (Å²) in [4.78, 5) is 74.5. The third-order valence-electron chi connectivity index (χ3n) is 11.6. The second kappa shape index (κ2) is 18.7. The van der Waals surface area contributed by atoms with Gasteiger partial charge in [0.2, 0.25) is 23.3 Å². The average Bonchev–Trinajstić information content (AvgIpc) is 3.65. The van der Waals surface area contributed by atoms with Crippen molar-refractivity contribution in [2.24, 2.45) is 5.73 Å². The van der Waals surface area contributed by atoms with E-state index in [1.54, 1.807) is 121 Å². The van der Waals surface area contributed by atoms with E-state index < -0.39 is 65.2 Å². The number of aliphatic carboxylic acids is 1. The fourth-order valence-corrected chi connectivity index (χ4v) is 9.33. The van der Waals surface area contributed by atoms with Crippen molar-refractivity contribution in [3.8, 4) is 11.1 Å². The third kappa shape index (κ3) is 7.52. The van der Waals surface area contributed by atoms with Crippen molar-refractivity contribution in [3.05, 3.63) is 203 Å². The number of ether oxygens (including phenoxy) is 1. The van der Waals surface area contributed by atoms with Crippen LogP contribution in [0.3, 0.4) is 0 Å². The number of hydrogen-bond donors (Lipinski definition) is 5. The molecule has 0 heterocycles. The number of nitrogens with two attached hydrogens (primary N) is 1. The van der Waals surface area contributed by atoms with Gasteiger partial charge in [-0.15, -0.1) is 0 Å². The molecule has 2 unspecified atom stereocenters. The van der Waals surface area contributed by atoms with Crippen LogP contribution in [0.2, 0.25) is 0 Å². The molecule has 1 aliphatic rings. The molecule has 0 bridgehead atoms. The van der Waals surface area contributed by atoms with Crippen LogP contribution in [0.1, 0.15) is 45.2 Å². The van der Waals surface area contributed by atoms with Gasteiger partial charge in [0, 0.05) is 17.6 Å². The Morgan fingerprint density at radius 3 is 1.53 bits per heavy atom. The second-order valence-corrected chi connectivity index (χ2v) is 15.2. The van der Waals surface area contributed by atoms with Gasteiger partial charge in [0.15, 0.2) is 0 Å². The average molecular weight is 847 g/mol. The van der Waals surface area contributed by atoms with Crippen LogP contribution in [0.5, 0.6) is 0 Å². The summed E-state index contributed by atoms with van der Waals surface area (Å²) in [6.45, 7) is -0.920. The number of amides is 3. The number of hydrogen-bond acceptors (Lipinski definition) is 8. The van der Waals surface area contributed by atoms with Crippen molar-refractivity contribution in [2.75, 3.05) is 26.0 Å². The first-order valence-electron chi connectivity index (χ1n) is 20.1. The minimum Gasteiger partial charge on any atom is -0.479 e. The lowest BCUT2D eigenvalue weighted by molar-refractivity contribution is -0.183. The fourth-order valence-electron chi connectivity index (χ4n) is 9.08. The van der Waals surface area contributed by atoms with Crippen LogP contribution < -0.4 is 16.4 Å². The first-order chi connectivity index (χ1) is 30.2. The molecular weight excluding hydrogens is 801 g/mol. The second-order valence-electron chi connectivity index (χ2n) is 14.9. The highest BCUT2D eigenvalue weighted by Crippen LogP contribution is 2.59. The number of carboxylic acids is 1. The van der Waals surface area contributed by atoms with Crippen molar-refractivity contribution >= 4 is 42.3 Å². The molecule has 3 atom stereocenters. The van der Waals surface area contributed by atoms with E-state index >= 15 is 14.4 Å². The maximum Gasteiger partial charge on any atom is 0.344 e. The van der Waals surface area contributed by atoms with Gasteiger partial charge >= 0.3 is 11.9 Å². The van der Waals surface area contributed by atoms with Gasteiger partial charge < -0.3 is 26.2 Å². The number of carbonyl (C=O) groups excluding carboxylic acids is 4. The zero-order chi connectivity index (χ0) is 43.9. The molecule has 62 heavy (non-hydrogen) atoms. The smallest absolute Gasteiger partial charge is 0.344 e. The molecule has 3 amide bonds. The van der Waals surface area contributed by atoms with Gasteiger partial charge in [-0.05, 0) is 44.5 Å². The molecule has 314 valence electrons. The number of esters is 1. The Balaban J connectivity index is 1.68. The number of methoxy groups -OCH3 is 1. The van der Waals surface area contributed by atoms with Crippen LogP contribution in [-0.2, 0) is 34.2 Å². The predicted octanol–water partition coefficient (Wildman–Crippen LogP) is 5.89. The normalized spacial score (nSPS) is 13.9. The number of nitrogens with zero attached hydrogens (tertiary/aromatic N) is 1. The molecule has 11 nitrogen and oxygen atoms in total. The Bertz CT molecular complexity index is 2420. The van der Waals surface area contributed by atoms with E-state index in [-0.39, 0.29) is 12.3 Å². The molecule has 0 radical (unpaired) electrons. The summed E-state index contributed by atoms with van der Waals surface area (Å²) in [5.41, 5.74) is 5.46. The van der Waals surface area contributed by atoms with E-state index in [9.17, 15) is 14.7 Å². The number of nitrogens with one attached hydrogen (secondary N) is 2. The summed E-state index contributed by atoms with van der Waals surface area (Å²) in [7, 11) is 1.11. The lowest BCUT2D eigenvalue weighted by Crippen LogP contribution is -2.74. The van der Waals surface area contributed by atoms with Crippen molar-refractivity contribution in [3.63, 3.8) is 0 Å². The summed E-state index contributed by atoms with van der Waals surface area (Å²) < 4.78 is 5.74. The number of benzene rings is 6. The monoisotopic (exact) mass is 846 g/mol. The van der Waals surface area contributed by atoms with Gasteiger partial charge in [-0.3, -0.25) is 19.3 Å². The number of fused-ring (bicyclic) bond motifs is 3. The summed E-state index contributed by atoms with van der Waals surface area (Å²) >= 11 is 4.58. The van der Waals surface area contributed by atoms with Gasteiger partial charge in [0.25, 0.3) is 0 Å². The zero-order valence-corrected chi connectivity index (χ0v) is 34.8. The maximum atomic E-state index is 16.5. The summed E-state index contributed by atoms with van der Waals surface area (Å²) in [6, 6.07) is 49.2. The molecule has 0 fully saturated rings. The summed E-state index contributed by atoms with van der Waals surface area (Å²) in [5.74, 6) is -7.87. The molecule has 1 aliphatic carbocycles. The van der Waals surface area contributed by atoms with Gasteiger partial charge in [-0.2, -0.15) is 12.6 Å². The quantitative estimate of drug-likeness (QED) is 0.0348. The lowest BCUT2D eigenvalue weighted by atomic mass is 9.63. The highest BCUT2D eigenvalue weighted by molar-refractivity contribution is 7.80. The SMILES string of the molecule is COC(=O)[C@@](C(=O)O)(C(c1ccccc1)C1c2ccccc2-c2ccccc21)N(C(=O)C(CS)NC(=O)CNC(=O)CN)C(c1ccccc1)(c1ccccc1)c1ccccc1. The Labute approximate surface area is 365 Å². The number of rotatable bonds is 16. The van der Waals surface area contributed by atoms with E-state index in [2.05, 4.69) is 23.3 Å². The van der Waals surface area contributed by atoms with Gasteiger partial charge in [0.05, 0.1) is 20.2 Å². The first kappa shape index (κ1) is 43.1. The van der Waals surface area contributed by atoms with E-state index in [1.165, 1.54) is 0 Å². The molecule has 0 aliphatic heterocycles. The van der Waals surface area contributed by atoms with Crippen LogP contribution in [0, 0.1) is 0 Å². The molecule has 6 aromatic rings. The van der Waals surface area contributed by atoms with Crippen LogP contribution >= 0.6 is 12.6 Å². The first-order valence-corrected chi connectivity index (χ1v) is 20.7. The van der Waals surface area contributed by atoms with Crippen LogP contribution in [0.4, 0.5) is 0 Å². The topological polar surface area (TPSA) is 168 Å². The summed E-state index contributed by atoms with van der Waals surface area (Å²) in [6.07, 6.45) is 0.